The first-order chi connectivity index (χ1) is 9.33. The molecule has 0 aliphatic rings. The number of carbonyl (C=O) groups is 1. The molecular formula is C12H18BrNO4S2. The molecule has 20 heavy (non-hydrogen) atoms. The molecule has 1 heterocycles. The third kappa shape index (κ3) is 5.90. The van der Waals surface area contributed by atoms with Crippen molar-refractivity contribution >= 4 is 43.3 Å². The standard InChI is InChI=1S/C12H18BrNO4S2/c1-9-10(8-11(13)19-9)20(17,18)14-7-5-3-2-4-6-12(15)16/h8,14H,2-7H2,1H3,(H,15,16). The number of rotatable bonds is 9. The Labute approximate surface area is 131 Å². The van der Waals surface area contributed by atoms with E-state index < -0.39 is 16.0 Å². The normalized spacial score (nSPS) is 11.7. The first kappa shape index (κ1) is 17.6. The molecule has 0 bridgehead atoms. The van der Waals surface area contributed by atoms with Gasteiger partial charge in [0.15, 0.2) is 0 Å². The third-order valence-electron chi connectivity index (χ3n) is 2.74. The maximum absolute atomic E-state index is 12.0. The van der Waals surface area contributed by atoms with Gasteiger partial charge in [0.25, 0.3) is 0 Å². The molecule has 1 aromatic heterocycles. The van der Waals surface area contributed by atoms with Gasteiger partial charge in [0.05, 0.1) is 8.68 Å². The number of halogens is 1. The van der Waals surface area contributed by atoms with Crippen molar-refractivity contribution < 1.29 is 18.3 Å². The molecule has 0 atom stereocenters. The van der Waals surface area contributed by atoms with Gasteiger partial charge in [-0.3, -0.25) is 4.79 Å². The van der Waals surface area contributed by atoms with Crippen LogP contribution in [0.5, 0.6) is 0 Å². The van der Waals surface area contributed by atoms with E-state index in [1.165, 1.54) is 11.3 Å². The summed E-state index contributed by atoms with van der Waals surface area (Å²) >= 11 is 4.67. The summed E-state index contributed by atoms with van der Waals surface area (Å²) in [4.78, 5) is 11.4. The molecule has 1 aromatic rings. The van der Waals surface area contributed by atoms with Gasteiger partial charge in [0.2, 0.25) is 10.0 Å². The van der Waals surface area contributed by atoms with Crippen LogP contribution in [0.3, 0.4) is 0 Å². The molecule has 0 radical (unpaired) electrons. The van der Waals surface area contributed by atoms with Crippen molar-refractivity contribution in [3.05, 3.63) is 14.7 Å². The number of thiophene rings is 1. The van der Waals surface area contributed by atoms with Crippen LogP contribution < -0.4 is 4.72 Å². The molecule has 0 aliphatic carbocycles. The van der Waals surface area contributed by atoms with Crippen molar-refractivity contribution in [3.8, 4) is 0 Å². The average molecular weight is 384 g/mol. The van der Waals surface area contributed by atoms with Gasteiger partial charge in [0, 0.05) is 17.8 Å². The zero-order valence-electron chi connectivity index (χ0n) is 11.2. The van der Waals surface area contributed by atoms with E-state index in [1.807, 2.05) is 0 Å². The SMILES string of the molecule is Cc1sc(Br)cc1S(=O)(=O)NCCCCCCC(=O)O. The van der Waals surface area contributed by atoms with E-state index in [0.29, 0.717) is 24.3 Å². The van der Waals surface area contributed by atoms with Crippen molar-refractivity contribution in [1.29, 1.82) is 0 Å². The van der Waals surface area contributed by atoms with Crippen LogP contribution in [0.4, 0.5) is 0 Å². The van der Waals surface area contributed by atoms with E-state index in [1.54, 1.807) is 13.0 Å². The monoisotopic (exact) mass is 383 g/mol. The highest BCUT2D eigenvalue weighted by atomic mass is 79.9. The van der Waals surface area contributed by atoms with E-state index >= 15 is 0 Å². The first-order valence-corrected chi connectivity index (χ1v) is 9.39. The quantitative estimate of drug-likeness (QED) is 0.641. The van der Waals surface area contributed by atoms with Crippen LogP contribution in [0.2, 0.25) is 0 Å². The number of carboxylic acid groups (broad SMARTS) is 1. The molecule has 0 spiro atoms. The van der Waals surface area contributed by atoms with Crippen LogP contribution >= 0.6 is 27.3 Å². The summed E-state index contributed by atoms with van der Waals surface area (Å²) < 4.78 is 27.4. The maximum Gasteiger partial charge on any atom is 0.303 e. The zero-order chi connectivity index (χ0) is 15.2. The number of carboxylic acids is 1. The van der Waals surface area contributed by atoms with Gasteiger partial charge in [-0.15, -0.1) is 11.3 Å². The van der Waals surface area contributed by atoms with Crippen LogP contribution in [-0.2, 0) is 14.8 Å². The Balaban J connectivity index is 2.31. The zero-order valence-corrected chi connectivity index (χ0v) is 14.4. The first-order valence-electron chi connectivity index (χ1n) is 6.30. The highest BCUT2D eigenvalue weighted by Crippen LogP contribution is 2.29. The van der Waals surface area contributed by atoms with Crippen LogP contribution in [0.1, 0.15) is 37.0 Å². The fraction of sp³-hybridized carbons (Fsp3) is 0.583. The Hall–Kier alpha value is -0.440. The maximum atomic E-state index is 12.0. The number of unbranched alkanes of at least 4 members (excludes halogenated alkanes) is 3. The number of aryl methyl sites for hydroxylation is 1. The number of aliphatic carboxylic acids is 1. The van der Waals surface area contributed by atoms with E-state index in [9.17, 15) is 13.2 Å². The second-order valence-corrected chi connectivity index (χ2v) is 8.80. The molecule has 0 fully saturated rings. The van der Waals surface area contributed by atoms with Gasteiger partial charge in [-0.05, 0) is 41.8 Å². The van der Waals surface area contributed by atoms with Crippen molar-refractivity contribution in [2.24, 2.45) is 0 Å². The lowest BCUT2D eigenvalue weighted by atomic mass is 10.1. The molecule has 0 aliphatic heterocycles. The smallest absolute Gasteiger partial charge is 0.303 e. The van der Waals surface area contributed by atoms with Crippen molar-refractivity contribution in [3.63, 3.8) is 0 Å². The van der Waals surface area contributed by atoms with Crippen LogP contribution in [-0.4, -0.2) is 26.0 Å². The Morgan fingerprint density at radius 2 is 2.00 bits per heavy atom. The van der Waals surface area contributed by atoms with Gasteiger partial charge in [-0.2, -0.15) is 0 Å². The molecule has 114 valence electrons. The number of hydrogen-bond acceptors (Lipinski definition) is 4. The van der Waals surface area contributed by atoms with Crippen LogP contribution in [0.15, 0.2) is 14.7 Å². The molecule has 0 saturated carbocycles. The van der Waals surface area contributed by atoms with Gasteiger partial charge in [-0.1, -0.05) is 12.8 Å². The Morgan fingerprint density at radius 1 is 1.35 bits per heavy atom. The topological polar surface area (TPSA) is 83.5 Å². The van der Waals surface area contributed by atoms with Crippen molar-refractivity contribution in [1.82, 2.24) is 4.72 Å². The number of sulfonamides is 1. The minimum absolute atomic E-state index is 0.174. The second-order valence-electron chi connectivity index (χ2n) is 4.43. The summed E-state index contributed by atoms with van der Waals surface area (Å²) in [6.07, 6.45) is 3.15. The Kier molecular flexibility index (Phi) is 7.14. The van der Waals surface area contributed by atoms with Crippen molar-refractivity contribution in [2.45, 2.75) is 43.9 Å². The van der Waals surface area contributed by atoms with Gasteiger partial charge < -0.3 is 5.11 Å². The lowest BCUT2D eigenvalue weighted by Gasteiger charge is -2.06. The lowest BCUT2D eigenvalue weighted by molar-refractivity contribution is -0.137. The average Bonchev–Trinajstić information content (AvgIpc) is 2.67. The molecule has 1 rings (SSSR count). The predicted molar refractivity (Wildman–Crippen MR) is 82.7 cm³/mol. The molecule has 8 heteroatoms. The van der Waals surface area contributed by atoms with Crippen LogP contribution in [0, 0.1) is 6.92 Å². The fourth-order valence-corrected chi connectivity index (χ4v) is 5.22. The summed E-state index contributed by atoms with van der Waals surface area (Å²) in [5.74, 6) is -0.788. The minimum Gasteiger partial charge on any atom is -0.481 e. The van der Waals surface area contributed by atoms with Gasteiger partial charge in [0.1, 0.15) is 0 Å². The minimum atomic E-state index is -3.44. The van der Waals surface area contributed by atoms with E-state index in [0.717, 1.165) is 21.5 Å². The van der Waals surface area contributed by atoms with E-state index in [-0.39, 0.29) is 6.42 Å². The lowest BCUT2D eigenvalue weighted by Crippen LogP contribution is -2.24. The number of hydrogen-bond donors (Lipinski definition) is 2. The summed E-state index contributed by atoms with van der Waals surface area (Å²) in [5.41, 5.74) is 0. The number of nitrogens with one attached hydrogen (secondary N) is 1. The molecule has 0 unspecified atom stereocenters. The second kappa shape index (κ2) is 8.11. The molecule has 2 N–H and O–H groups in total. The summed E-state index contributed by atoms with van der Waals surface area (Å²) in [6, 6.07) is 1.61. The highest BCUT2D eigenvalue weighted by Gasteiger charge is 2.18. The molecule has 0 saturated heterocycles. The molecular weight excluding hydrogens is 366 g/mol. The predicted octanol–water partition coefficient (Wildman–Crippen LogP) is 3.13. The summed E-state index contributed by atoms with van der Waals surface area (Å²) in [7, 11) is -3.44. The Morgan fingerprint density at radius 3 is 2.55 bits per heavy atom. The van der Waals surface area contributed by atoms with E-state index in [4.69, 9.17) is 5.11 Å². The Bertz CT molecular complexity index is 554. The van der Waals surface area contributed by atoms with Gasteiger partial charge in [-0.25, -0.2) is 13.1 Å². The van der Waals surface area contributed by atoms with Crippen molar-refractivity contribution in [2.75, 3.05) is 6.54 Å². The summed E-state index contributed by atoms with van der Waals surface area (Å²) in [5, 5.41) is 8.48. The molecule has 5 nitrogen and oxygen atoms in total. The summed E-state index contributed by atoms with van der Waals surface area (Å²) in [6.45, 7) is 2.15. The molecule has 0 amide bonds. The molecule has 0 aromatic carbocycles. The van der Waals surface area contributed by atoms with Crippen LogP contribution in [0.25, 0.3) is 0 Å². The van der Waals surface area contributed by atoms with Gasteiger partial charge >= 0.3 is 5.97 Å². The fourth-order valence-electron chi connectivity index (χ4n) is 1.74. The largest absolute Gasteiger partial charge is 0.481 e. The third-order valence-corrected chi connectivity index (χ3v) is 6.01. The highest BCUT2D eigenvalue weighted by molar-refractivity contribution is 9.11. The van der Waals surface area contributed by atoms with E-state index in [2.05, 4.69) is 20.7 Å².